The summed E-state index contributed by atoms with van der Waals surface area (Å²) in [4.78, 5) is 0. The molecule has 0 radical (unpaired) electrons. The molecule has 0 saturated heterocycles. The van der Waals surface area contributed by atoms with Gasteiger partial charge in [0.15, 0.2) is 0 Å². The van der Waals surface area contributed by atoms with Gasteiger partial charge in [-0.3, -0.25) is 0 Å². The van der Waals surface area contributed by atoms with Crippen LogP contribution in [0.5, 0.6) is 11.5 Å². The Morgan fingerprint density at radius 3 is 2.81 bits per heavy atom. The zero-order chi connectivity index (χ0) is 14.7. The van der Waals surface area contributed by atoms with Crippen LogP contribution in [0.2, 0.25) is 0 Å². The maximum Gasteiger partial charge on any atom is 0.120 e. The number of aryl methyl sites for hydroxylation is 1. The monoisotopic (exact) mass is 283 g/mol. The van der Waals surface area contributed by atoms with Crippen molar-refractivity contribution in [3.05, 3.63) is 59.2 Å². The van der Waals surface area contributed by atoms with Crippen LogP contribution >= 0.6 is 0 Å². The van der Waals surface area contributed by atoms with Gasteiger partial charge in [-0.25, -0.2) is 0 Å². The number of ether oxygens (including phenoxy) is 1. The van der Waals surface area contributed by atoms with Crippen molar-refractivity contribution in [3.8, 4) is 11.5 Å². The molecule has 0 aromatic heterocycles. The Morgan fingerprint density at radius 1 is 1.19 bits per heavy atom. The minimum atomic E-state index is 0.319. The molecular weight excluding hydrogens is 262 g/mol. The average Bonchev–Trinajstić information content (AvgIpc) is 2.54. The zero-order valence-electron chi connectivity index (χ0n) is 12.3. The Bertz CT molecular complexity index is 624. The van der Waals surface area contributed by atoms with E-state index in [1.807, 2.05) is 6.07 Å². The molecule has 0 spiro atoms. The molecule has 0 bridgehead atoms. The smallest absolute Gasteiger partial charge is 0.120 e. The van der Waals surface area contributed by atoms with E-state index in [0.717, 1.165) is 30.6 Å². The molecule has 1 atom stereocenters. The second kappa shape index (κ2) is 6.19. The molecule has 3 heteroatoms. The number of benzene rings is 2. The summed E-state index contributed by atoms with van der Waals surface area (Å²) in [5.74, 6) is 1.10. The molecule has 21 heavy (non-hydrogen) atoms. The molecule has 2 aromatic rings. The molecular formula is C18H21NO2. The Labute approximate surface area is 125 Å². The number of phenols is 1. The molecule has 1 aliphatic carbocycles. The van der Waals surface area contributed by atoms with Gasteiger partial charge in [0.05, 0.1) is 7.11 Å². The lowest BCUT2D eigenvalue weighted by atomic mass is 9.88. The second-order valence-corrected chi connectivity index (χ2v) is 5.58. The van der Waals surface area contributed by atoms with Gasteiger partial charge >= 0.3 is 0 Å². The van der Waals surface area contributed by atoms with E-state index in [4.69, 9.17) is 4.74 Å². The number of methoxy groups -OCH3 is 1. The number of hydrogen-bond acceptors (Lipinski definition) is 3. The van der Waals surface area contributed by atoms with Crippen LogP contribution in [0.15, 0.2) is 42.5 Å². The average molecular weight is 283 g/mol. The number of hydrogen-bond donors (Lipinski definition) is 2. The predicted molar refractivity (Wildman–Crippen MR) is 83.8 cm³/mol. The Hall–Kier alpha value is -2.00. The molecule has 2 aromatic carbocycles. The van der Waals surface area contributed by atoms with Gasteiger partial charge in [-0.1, -0.05) is 24.3 Å². The van der Waals surface area contributed by atoms with E-state index in [9.17, 15) is 5.11 Å². The first-order chi connectivity index (χ1) is 10.3. The molecule has 0 saturated carbocycles. The van der Waals surface area contributed by atoms with Crippen molar-refractivity contribution < 1.29 is 9.84 Å². The summed E-state index contributed by atoms with van der Waals surface area (Å²) in [7, 11) is 1.64. The van der Waals surface area contributed by atoms with Gasteiger partial charge in [-0.05, 0) is 48.6 Å². The number of aromatic hydroxyl groups is 1. The largest absolute Gasteiger partial charge is 0.508 e. The summed E-state index contributed by atoms with van der Waals surface area (Å²) < 4.78 is 5.21. The summed E-state index contributed by atoms with van der Waals surface area (Å²) in [6.45, 7) is 0.663. The highest BCUT2D eigenvalue weighted by Crippen LogP contribution is 2.24. The summed E-state index contributed by atoms with van der Waals surface area (Å²) in [6.07, 6.45) is 3.32. The lowest BCUT2D eigenvalue weighted by Gasteiger charge is -2.25. The number of rotatable bonds is 4. The Morgan fingerprint density at radius 2 is 2.00 bits per heavy atom. The Kier molecular flexibility index (Phi) is 4.11. The molecule has 0 heterocycles. The van der Waals surface area contributed by atoms with E-state index in [-0.39, 0.29) is 0 Å². The van der Waals surface area contributed by atoms with E-state index < -0.39 is 0 Å². The third-order valence-electron chi connectivity index (χ3n) is 4.21. The first-order valence-corrected chi connectivity index (χ1v) is 7.42. The summed E-state index contributed by atoms with van der Waals surface area (Å²) in [5, 5.41) is 13.5. The fraction of sp³-hybridized carbons (Fsp3) is 0.333. The maximum absolute atomic E-state index is 9.92. The molecule has 1 aliphatic rings. The number of phenolic OH excluding ortho intramolecular Hbond substituents is 1. The van der Waals surface area contributed by atoms with Gasteiger partial charge in [0.25, 0.3) is 0 Å². The van der Waals surface area contributed by atoms with Crippen molar-refractivity contribution in [2.75, 3.05) is 7.11 Å². The zero-order valence-corrected chi connectivity index (χ0v) is 12.3. The van der Waals surface area contributed by atoms with Crippen molar-refractivity contribution in [2.24, 2.45) is 0 Å². The highest BCUT2D eigenvalue weighted by molar-refractivity contribution is 5.39. The normalized spacial score (nSPS) is 17.3. The molecule has 2 N–H and O–H groups in total. The summed E-state index contributed by atoms with van der Waals surface area (Å²) in [6, 6.07) is 14.5. The maximum atomic E-state index is 9.92. The van der Waals surface area contributed by atoms with Crippen LogP contribution in [0.1, 0.15) is 23.1 Å². The first-order valence-electron chi connectivity index (χ1n) is 7.42. The molecule has 3 nitrogen and oxygen atoms in total. The quantitative estimate of drug-likeness (QED) is 0.906. The molecule has 0 aliphatic heterocycles. The predicted octanol–water partition coefficient (Wildman–Crippen LogP) is 3.05. The van der Waals surface area contributed by atoms with Gasteiger partial charge in [0, 0.05) is 18.2 Å². The molecule has 0 fully saturated rings. The third-order valence-corrected chi connectivity index (χ3v) is 4.21. The van der Waals surface area contributed by atoms with Crippen LogP contribution in [0.3, 0.4) is 0 Å². The van der Waals surface area contributed by atoms with Crippen molar-refractivity contribution in [1.29, 1.82) is 0 Å². The van der Waals surface area contributed by atoms with Crippen molar-refractivity contribution >= 4 is 0 Å². The van der Waals surface area contributed by atoms with Crippen LogP contribution in [0, 0.1) is 0 Å². The fourth-order valence-corrected chi connectivity index (χ4v) is 2.96. The van der Waals surface area contributed by atoms with Gasteiger partial charge in [0.2, 0.25) is 0 Å². The van der Waals surface area contributed by atoms with Gasteiger partial charge in [-0.15, -0.1) is 0 Å². The lowest BCUT2D eigenvalue weighted by Crippen LogP contribution is -2.34. The van der Waals surface area contributed by atoms with Crippen molar-refractivity contribution in [2.45, 2.75) is 31.8 Å². The van der Waals surface area contributed by atoms with Gasteiger partial charge in [0.1, 0.15) is 11.5 Å². The number of nitrogens with one attached hydrogen (secondary N) is 1. The number of fused-ring (bicyclic) bond motifs is 1. The third kappa shape index (κ3) is 3.19. The van der Waals surface area contributed by atoms with E-state index >= 15 is 0 Å². The van der Waals surface area contributed by atoms with E-state index in [1.54, 1.807) is 19.2 Å². The van der Waals surface area contributed by atoms with Crippen LogP contribution < -0.4 is 10.1 Å². The minimum Gasteiger partial charge on any atom is -0.508 e. The SMILES string of the molecule is COc1ccc(O)c(CNC2CCc3ccccc3C2)c1. The van der Waals surface area contributed by atoms with E-state index in [0.29, 0.717) is 18.3 Å². The van der Waals surface area contributed by atoms with Crippen LogP contribution in [-0.4, -0.2) is 18.3 Å². The minimum absolute atomic E-state index is 0.319. The van der Waals surface area contributed by atoms with E-state index in [1.165, 1.54) is 11.1 Å². The topological polar surface area (TPSA) is 41.5 Å². The van der Waals surface area contributed by atoms with Gasteiger partial charge in [-0.2, -0.15) is 0 Å². The molecule has 3 rings (SSSR count). The highest BCUT2D eigenvalue weighted by atomic mass is 16.5. The van der Waals surface area contributed by atoms with Crippen LogP contribution in [0.4, 0.5) is 0 Å². The van der Waals surface area contributed by atoms with Crippen LogP contribution in [-0.2, 0) is 19.4 Å². The molecule has 0 amide bonds. The van der Waals surface area contributed by atoms with Crippen molar-refractivity contribution in [3.63, 3.8) is 0 Å². The highest BCUT2D eigenvalue weighted by Gasteiger charge is 2.18. The molecule has 110 valence electrons. The van der Waals surface area contributed by atoms with E-state index in [2.05, 4.69) is 29.6 Å². The van der Waals surface area contributed by atoms with Gasteiger partial charge < -0.3 is 15.2 Å². The second-order valence-electron chi connectivity index (χ2n) is 5.58. The van der Waals surface area contributed by atoms with Crippen molar-refractivity contribution in [1.82, 2.24) is 5.32 Å². The fourth-order valence-electron chi connectivity index (χ4n) is 2.96. The Balaban J connectivity index is 1.64. The first kappa shape index (κ1) is 14.0. The standard InChI is InChI=1S/C18H21NO2/c1-21-17-8-9-18(20)15(11-17)12-19-16-7-6-13-4-2-3-5-14(13)10-16/h2-5,8-9,11,16,19-20H,6-7,10,12H2,1H3. The summed E-state index contributed by atoms with van der Waals surface area (Å²) >= 11 is 0. The summed E-state index contributed by atoms with van der Waals surface area (Å²) in [5.41, 5.74) is 3.80. The van der Waals surface area contributed by atoms with Crippen LogP contribution in [0.25, 0.3) is 0 Å². The lowest BCUT2D eigenvalue weighted by molar-refractivity contribution is 0.407. The molecule has 1 unspecified atom stereocenters.